The first kappa shape index (κ1) is 18.8. The number of anilines is 1. The molecule has 0 saturated carbocycles. The molecule has 0 radical (unpaired) electrons. The highest BCUT2D eigenvalue weighted by Crippen LogP contribution is 2.28. The van der Waals surface area contributed by atoms with Crippen LogP contribution < -0.4 is 4.90 Å². The number of nitrogens with zero attached hydrogens (tertiary/aromatic N) is 1. The summed E-state index contributed by atoms with van der Waals surface area (Å²) in [6, 6.07) is 12.8. The predicted octanol–water partition coefficient (Wildman–Crippen LogP) is 3.31. The third kappa shape index (κ3) is 4.39. The fourth-order valence-corrected chi connectivity index (χ4v) is 3.09. The first-order valence-corrected chi connectivity index (χ1v) is 8.83. The van der Waals surface area contributed by atoms with Gasteiger partial charge in [0.25, 0.3) is 5.91 Å². The monoisotopic (exact) mass is 369 g/mol. The molecular weight excluding hydrogens is 349 g/mol. The molecule has 1 aliphatic heterocycles. The lowest BCUT2D eigenvalue weighted by Gasteiger charge is -2.21. The molecule has 0 aromatic heterocycles. The van der Waals surface area contributed by atoms with E-state index in [0.29, 0.717) is 12.1 Å². The van der Waals surface area contributed by atoms with Crippen LogP contribution >= 0.6 is 0 Å². The summed E-state index contributed by atoms with van der Waals surface area (Å²) in [7, 11) is 0. The number of ether oxygens (including phenoxy) is 1. The number of ketones is 1. The minimum atomic E-state index is -0.926. The third-order valence-electron chi connectivity index (χ3n) is 4.53. The number of fused-ring (bicyclic) bond motifs is 1. The molecule has 0 N–H and O–H groups in total. The summed E-state index contributed by atoms with van der Waals surface area (Å²) in [5, 5.41) is 0. The highest BCUT2D eigenvalue weighted by molar-refractivity contribution is 6.00. The zero-order valence-corrected chi connectivity index (χ0v) is 15.0. The molecule has 1 atom stereocenters. The van der Waals surface area contributed by atoms with Crippen molar-refractivity contribution in [1.82, 2.24) is 0 Å². The van der Waals surface area contributed by atoms with Crippen LogP contribution in [0.25, 0.3) is 0 Å². The number of esters is 1. The van der Waals surface area contributed by atoms with Crippen LogP contribution in [0.3, 0.4) is 0 Å². The second kappa shape index (κ2) is 8.12. The van der Waals surface area contributed by atoms with E-state index in [1.54, 1.807) is 4.90 Å². The molecule has 1 amide bonds. The number of Topliss-reactive ketones (excluding diaryl/α,β-unsaturated/α-hetero) is 1. The lowest BCUT2D eigenvalue weighted by Crippen LogP contribution is -2.39. The SMILES string of the molecule is C[C@@H](OC(=O)CCC(=O)c1ccc(F)cc1)C(=O)N1CCc2ccccc21. The third-order valence-corrected chi connectivity index (χ3v) is 4.53. The molecule has 6 heteroatoms. The molecular formula is C21H20FNO4. The Balaban J connectivity index is 1.51. The Bertz CT molecular complexity index is 863. The van der Waals surface area contributed by atoms with Gasteiger partial charge in [-0.15, -0.1) is 0 Å². The zero-order valence-electron chi connectivity index (χ0n) is 15.0. The minimum absolute atomic E-state index is 0.0576. The standard InChI is InChI=1S/C21H20FNO4/c1-14(21(26)23-13-12-15-4-2-3-5-18(15)23)27-20(25)11-10-19(24)16-6-8-17(22)9-7-16/h2-9,14H,10-13H2,1H3/t14-/m1/s1. The van der Waals surface area contributed by atoms with Crippen molar-refractivity contribution in [2.45, 2.75) is 32.3 Å². The number of rotatable bonds is 6. The van der Waals surface area contributed by atoms with Gasteiger partial charge in [-0.2, -0.15) is 0 Å². The summed E-state index contributed by atoms with van der Waals surface area (Å²) in [5.74, 6) is -1.60. The average Bonchev–Trinajstić information content (AvgIpc) is 3.10. The molecule has 5 nitrogen and oxygen atoms in total. The molecule has 3 rings (SSSR count). The molecule has 0 saturated heterocycles. The van der Waals surface area contributed by atoms with Crippen LogP contribution in [-0.4, -0.2) is 30.3 Å². The maximum absolute atomic E-state index is 12.9. The van der Waals surface area contributed by atoms with Gasteiger partial charge in [0, 0.05) is 24.2 Å². The van der Waals surface area contributed by atoms with E-state index in [1.165, 1.54) is 31.2 Å². The van der Waals surface area contributed by atoms with Gasteiger partial charge in [0.1, 0.15) is 5.82 Å². The van der Waals surface area contributed by atoms with Gasteiger partial charge in [-0.1, -0.05) is 18.2 Å². The van der Waals surface area contributed by atoms with E-state index >= 15 is 0 Å². The zero-order chi connectivity index (χ0) is 19.4. The predicted molar refractivity (Wildman–Crippen MR) is 98.0 cm³/mol. The summed E-state index contributed by atoms with van der Waals surface area (Å²) in [5.41, 5.74) is 2.27. The van der Waals surface area contributed by atoms with Crippen LogP contribution in [0.2, 0.25) is 0 Å². The maximum atomic E-state index is 12.9. The van der Waals surface area contributed by atoms with Crippen LogP contribution in [0, 0.1) is 5.82 Å². The molecule has 0 spiro atoms. The second-order valence-corrected chi connectivity index (χ2v) is 6.43. The van der Waals surface area contributed by atoms with Crippen LogP contribution in [0.15, 0.2) is 48.5 Å². The van der Waals surface area contributed by atoms with Gasteiger partial charge in [-0.25, -0.2) is 4.39 Å². The summed E-state index contributed by atoms with van der Waals surface area (Å²) in [4.78, 5) is 38.2. The quantitative estimate of drug-likeness (QED) is 0.579. The Hall–Kier alpha value is -3.02. The first-order valence-electron chi connectivity index (χ1n) is 8.83. The number of carbonyl (C=O) groups excluding carboxylic acids is 3. The molecule has 0 unspecified atom stereocenters. The Morgan fingerprint density at radius 1 is 1.07 bits per heavy atom. The van der Waals surface area contributed by atoms with Crippen molar-refractivity contribution in [1.29, 1.82) is 0 Å². The van der Waals surface area contributed by atoms with Crippen LogP contribution in [0.4, 0.5) is 10.1 Å². The van der Waals surface area contributed by atoms with Crippen molar-refractivity contribution in [3.8, 4) is 0 Å². The van der Waals surface area contributed by atoms with Crippen molar-refractivity contribution in [2.24, 2.45) is 0 Å². The smallest absolute Gasteiger partial charge is 0.307 e. The van der Waals surface area contributed by atoms with Gasteiger partial charge in [0.2, 0.25) is 0 Å². The molecule has 1 aliphatic rings. The highest BCUT2D eigenvalue weighted by Gasteiger charge is 2.29. The summed E-state index contributed by atoms with van der Waals surface area (Å²) in [6.07, 6.45) is -0.346. The molecule has 2 aromatic rings. The van der Waals surface area contributed by atoms with Gasteiger partial charge in [0.05, 0.1) is 6.42 Å². The van der Waals surface area contributed by atoms with Crippen molar-refractivity contribution in [2.75, 3.05) is 11.4 Å². The van der Waals surface area contributed by atoms with Crippen LogP contribution in [0.5, 0.6) is 0 Å². The average molecular weight is 369 g/mol. The van der Waals surface area contributed by atoms with Crippen LogP contribution in [0.1, 0.15) is 35.7 Å². The lowest BCUT2D eigenvalue weighted by molar-refractivity contribution is -0.153. The molecule has 27 heavy (non-hydrogen) atoms. The largest absolute Gasteiger partial charge is 0.453 e. The van der Waals surface area contributed by atoms with E-state index in [-0.39, 0.29) is 24.5 Å². The van der Waals surface area contributed by atoms with Crippen molar-refractivity contribution in [3.05, 3.63) is 65.5 Å². The van der Waals surface area contributed by atoms with E-state index in [4.69, 9.17) is 4.74 Å². The maximum Gasteiger partial charge on any atom is 0.307 e. The van der Waals surface area contributed by atoms with Gasteiger partial charge < -0.3 is 9.64 Å². The Morgan fingerprint density at radius 2 is 1.78 bits per heavy atom. The molecule has 0 fully saturated rings. The number of halogens is 1. The van der Waals surface area contributed by atoms with Crippen molar-refractivity contribution in [3.63, 3.8) is 0 Å². The summed E-state index contributed by atoms with van der Waals surface area (Å²) >= 11 is 0. The van der Waals surface area contributed by atoms with E-state index in [9.17, 15) is 18.8 Å². The number of carbonyl (C=O) groups is 3. The fourth-order valence-electron chi connectivity index (χ4n) is 3.09. The Labute approximate surface area is 156 Å². The summed E-state index contributed by atoms with van der Waals surface area (Å²) in [6.45, 7) is 2.09. The normalized spacial score (nSPS) is 13.8. The Kier molecular flexibility index (Phi) is 5.64. The number of amides is 1. The first-order chi connectivity index (χ1) is 13.0. The number of para-hydroxylation sites is 1. The molecule has 0 bridgehead atoms. The topological polar surface area (TPSA) is 63.7 Å². The minimum Gasteiger partial charge on any atom is -0.453 e. The highest BCUT2D eigenvalue weighted by atomic mass is 19.1. The summed E-state index contributed by atoms with van der Waals surface area (Å²) < 4.78 is 18.1. The van der Waals surface area contributed by atoms with Crippen molar-refractivity contribution < 1.29 is 23.5 Å². The van der Waals surface area contributed by atoms with E-state index in [2.05, 4.69) is 0 Å². The van der Waals surface area contributed by atoms with E-state index < -0.39 is 17.9 Å². The molecule has 140 valence electrons. The van der Waals surface area contributed by atoms with Gasteiger partial charge in [0.15, 0.2) is 11.9 Å². The molecule has 2 aromatic carbocycles. The lowest BCUT2D eigenvalue weighted by atomic mass is 10.1. The van der Waals surface area contributed by atoms with E-state index in [0.717, 1.165) is 17.7 Å². The molecule has 0 aliphatic carbocycles. The number of hydrogen-bond acceptors (Lipinski definition) is 4. The number of benzene rings is 2. The number of hydrogen-bond donors (Lipinski definition) is 0. The van der Waals surface area contributed by atoms with Crippen molar-refractivity contribution >= 4 is 23.3 Å². The van der Waals surface area contributed by atoms with Crippen LogP contribution in [-0.2, 0) is 20.7 Å². The van der Waals surface area contributed by atoms with Gasteiger partial charge >= 0.3 is 5.97 Å². The Morgan fingerprint density at radius 3 is 2.52 bits per heavy atom. The molecule has 1 heterocycles. The fraction of sp³-hybridized carbons (Fsp3) is 0.286. The van der Waals surface area contributed by atoms with Gasteiger partial charge in [-0.3, -0.25) is 14.4 Å². The van der Waals surface area contributed by atoms with Gasteiger partial charge in [-0.05, 0) is 49.2 Å². The second-order valence-electron chi connectivity index (χ2n) is 6.43. The van der Waals surface area contributed by atoms with E-state index in [1.807, 2.05) is 24.3 Å².